The molecule has 1 heterocycles. The number of aromatic nitrogens is 2. The van der Waals surface area contributed by atoms with E-state index in [1.165, 1.54) is 12.8 Å². The first kappa shape index (κ1) is 12.9. The van der Waals surface area contributed by atoms with Gasteiger partial charge < -0.3 is 4.57 Å². The zero-order valence-electron chi connectivity index (χ0n) is 9.89. The van der Waals surface area contributed by atoms with Crippen molar-refractivity contribution in [1.82, 2.24) is 9.55 Å². The van der Waals surface area contributed by atoms with Gasteiger partial charge in [-0.3, -0.25) is 0 Å². The van der Waals surface area contributed by atoms with Crippen LogP contribution in [0.25, 0.3) is 0 Å². The molecule has 1 aromatic rings. The molecule has 1 fully saturated rings. The summed E-state index contributed by atoms with van der Waals surface area (Å²) < 4.78 is 24.6. The van der Waals surface area contributed by atoms with Gasteiger partial charge in [0.2, 0.25) is 0 Å². The molecule has 1 aliphatic rings. The molecule has 0 amide bonds. The molecule has 2 rings (SSSR count). The van der Waals surface area contributed by atoms with Gasteiger partial charge in [-0.1, -0.05) is 19.8 Å². The monoisotopic (exact) mass is 276 g/mol. The third kappa shape index (κ3) is 2.83. The standard InChI is InChI=1S/C11H17ClN2O2S/c1-2-5-10-13-11(17(12,15)16)8-14(10)9-6-3-4-7-9/h8-9H,2-7H2,1H3. The lowest BCUT2D eigenvalue weighted by atomic mass is 10.2. The Hall–Kier alpha value is -0.550. The molecule has 0 spiro atoms. The summed E-state index contributed by atoms with van der Waals surface area (Å²) in [5, 5.41) is -0.00508. The van der Waals surface area contributed by atoms with Crippen LogP contribution in [0, 0.1) is 0 Å². The van der Waals surface area contributed by atoms with E-state index in [0.29, 0.717) is 6.04 Å². The number of rotatable bonds is 4. The molecular formula is C11H17ClN2O2S. The molecule has 0 radical (unpaired) electrons. The Bertz CT molecular complexity index is 490. The number of hydrogen-bond donors (Lipinski definition) is 0. The van der Waals surface area contributed by atoms with E-state index in [0.717, 1.165) is 31.5 Å². The quantitative estimate of drug-likeness (QED) is 0.795. The lowest BCUT2D eigenvalue weighted by Gasteiger charge is -2.13. The molecule has 1 aromatic heterocycles. The summed E-state index contributed by atoms with van der Waals surface area (Å²) in [5.74, 6) is 0.846. The van der Waals surface area contributed by atoms with Gasteiger partial charge in [0.15, 0.2) is 5.03 Å². The lowest BCUT2D eigenvalue weighted by molar-refractivity contribution is 0.495. The molecule has 0 bridgehead atoms. The normalized spacial score (nSPS) is 17.8. The minimum Gasteiger partial charge on any atom is -0.330 e. The zero-order chi connectivity index (χ0) is 12.5. The van der Waals surface area contributed by atoms with Crippen molar-refractivity contribution < 1.29 is 8.42 Å². The van der Waals surface area contributed by atoms with E-state index in [9.17, 15) is 8.42 Å². The van der Waals surface area contributed by atoms with Crippen molar-refractivity contribution >= 4 is 19.7 Å². The predicted octanol–water partition coefficient (Wildman–Crippen LogP) is 2.88. The number of halogens is 1. The van der Waals surface area contributed by atoms with Gasteiger partial charge in [0, 0.05) is 29.3 Å². The number of hydrogen-bond acceptors (Lipinski definition) is 3. The molecule has 17 heavy (non-hydrogen) atoms. The van der Waals surface area contributed by atoms with Crippen molar-refractivity contribution in [2.45, 2.75) is 56.5 Å². The SMILES string of the molecule is CCCc1nc(S(=O)(=O)Cl)cn1C1CCCC1. The van der Waals surface area contributed by atoms with E-state index in [4.69, 9.17) is 10.7 Å². The zero-order valence-corrected chi connectivity index (χ0v) is 11.5. The third-order valence-corrected chi connectivity index (χ3v) is 4.40. The highest BCUT2D eigenvalue weighted by Crippen LogP contribution is 2.32. The molecule has 6 heteroatoms. The fourth-order valence-electron chi connectivity index (χ4n) is 2.43. The molecule has 0 N–H and O–H groups in total. The maximum Gasteiger partial charge on any atom is 0.280 e. The number of imidazole rings is 1. The van der Waals surface area contributed by atoms with Crippen LogP contribution in [-0.4, -0.2) is 18.0 Å². The van der Waals surface area contributed by atoms with Crippen molar-refractivity contribution in [2.24, 2.45) is 0 Å². The van der Waals surface area contributed by atoms with Crippen molar-refractivity contribution in [3.63, 3.8) is 0 Å². The van der Waals surface area contributed by atoms with E-state index < -0.39 is 9.05 Å². The first-order chi connectivity index (χ1) is 8.02. The molecule has 0 aliphatic heterocycles. The van der Waals surface area contributed by atoms with Gasteiger partial charge in [-0.15, -0.1) is 0 Å². The van der Waals surface area contributed by atoms with Gasteiger partial charge in [0.25, 0.3) is 9.05 Å². The van der Waals surface area contributed by atoms with Crippen LogP contribution >= 0.6 is 10.7 Å². The molecule has 1 aliphatic carbocycles. The largest absolute Gasteiger partial charge is 0.330 e. The molecule has 0 unspecified atom stereocenters. The van der Waals surface area contributed by atoms with Crippen molar-refractivity contribution in [1.29, 1.82) is 0 Å². The van der Waals surface area contributed by atoms with Crippen LogP contribution in [0.15, 0.2) is 11.2 Å². The van der Waals surface area contributed by atoms with Crippen molar-refractivity contribution in [3.8, 4) is 0 Å². The maximum atomic E-state index is 11.3. The minimum atomic E-state index is -3.71. The van der Waals surface area contributed by atoms with E-state index in [-0.39, 0.29) is 5.03 Å². The molecule has 4 nitrogen and oxygen atoms in total. The van der Waals surface area contributed by atoms with Crippen LogP contribution in [0.2, 0.25) is 0 Å². The van der Waals surface area contributed by atoms with E-state index in [1.54, 1.807) is 6.20 Å². The lowest BCUT2D eigenvalue weighted by Crippen LogP contribution is -2.07. The van der Waals surface area contributed by atoms with Gasteiger partial charge in [-0.25, -0.2) is 13.4 Å². The molecule has 1 saturated carbocycles. The molecule has 0 saturated heterocycles. The molecule has 96 valence electrons. The first-order valence-electron chi connectivity index (χ1n) is 6.04. The Balaban J connectivity index is 2.37. The second kappa shape index (κ2) is 4.98. The number of aryl methyl sites for hydroxylation is 1. The second-order valence-corrected chi connectivity index (χ2v) is 7.04. The van der Waals surface area contributed by atoms with Crippen LogP contribution in [0.3, 0.4) is 0 Å². The Morgan fingerprint density at radius 1 is 1.47 bits per heavy atom. The van der Waals surface area contributed by atoms with Gasteiger partial charge >= 0.3 is 0 Å². The van der Waals surface area contributed by atoms with Gasteiger partial charge in [-0.2, -0.15) is 0 Å². The first-order valence-corrected chi connectivity index (χ1v) is 8.35. The van der Waals surface area contributed by atoms with E-state index >= 15 is 0 Å². The van der Waals surface area contributed by atoms with Gasteiger partial charge in [0.1, 0.15) is 5.82 Å². The van der Waals surface area contributed by atoms with E-state index in [1.807, 2.05) is 4.57 Å². The Labute approximate surface area is 106 Å². The Morgan fingerprint density at radius 3 is 2.65 bits per heavy atom. The predicted molar refractivity (Wildman–Crippen MR) is 66.8 cm³/mol. The highest BCUT2D eigenvalue weighted by molar-refractivity contribution is 8.13. The maximum absolute atomic E-state index is 11.3. The summed E-state index contributed by atoms with van der Waals surface area (Å²) in [6, 6.07) is 0.399. The third-order valence-electron chi connectivity index (χ3n) is 3.23. The summed E-state index contributed by atoms with van der Waals surface area (Å²) in [5.41, 5.74) is 0. The fourth-order valence-corrected chi connectivity index (χ4v) is 3.11. The van der Waals surface area contributed by atoms with Crippen molar-refractivity contribution in [2.75, 3.05) is 0 Å². The summed E-state index contributed by atoms with van der Waals surface area (Å²) in [4.78, 5) is 4.16. The second-order valence-electron chi connectivity index (χ2n) is 4.53. The van der Waals surface area contributed by atoms with Crippen LogP contribution in [0.1, 0.15) is 50.9 Å². The Kier molecular flexibility index (Phi) is 3.78. The number of nitrogens with zero attached hydrogens (tertiary/aromatic N) is 2. The van der Waals surface area contributed by atoms with E-state index in [2.05, 4.69) is 11.9 Å². The summed E-state index contributed by atoms with van der Waals surface area (Å²) >= 11 is 0. The van der Waals surface area contributed by atoms with Crippen LogP contribution in [-0.2, 0) is 15.5 Å². The highest BCUT2D eigenvalue weighted by atomic mass is 35.7. The van der Waals surface area contributed by atoms with Crippen LogP contribution < -0.4 is 0 Å². The highest BCUT2D eigenvalue weighted by Gasteiger charge is 2.23. The van der Waals surface area contributed by atoms with Crippen molar-refractivity contribution in [3.05, 3.63) is 12.0 Å². The summed E-state index contributed by atoms with van der Waals surface area (Å²) in [7, 11) is 1.64. The summed E-state index contributed by atoms with van der Waals surface area (Å²) in [6.07, 6.45) is 7.97. The molecule has 0 atom stereocenters. The average Bonchev–Trinajstić information content (AvgIpc) is 2.83. The smallest absolute Gasteiger partial charge is 0.280 e. The summed E-state index contributed by atoms with van der Waals surface area (Å²) in [6.45, 7) is 2.06. The fraction of sp³-hybridized carbons (Fsp3) is 0.727. The van der Waals surface area contributed by atoms with Crippen LogP contribution in [0.5, 0.6) is 0 Å². The average molecular weight is 277 g/mol. The minimum absolute atomic E-state index is 0.00508. The molecule has 0 aromatic carbocycles. The van der Waals surface area contributed by atoms with Gasteiger partial charge in [-0.05, 0) is 19.3 Å². The topological polar surface area (TPSA) is 52.0 Å². The Morgan fingerprint density at radius 2 is 2.12 bits per heavy atom. The molecular weight excluding hydrogens is 260 g/mol. The van der Waals surface area contributed by atoms with Crippen LogP contribution in [0.4, 0.5) is 0 Å². The van der Waals surface area contributed by atoms with Gasteiger partial charge in [0.05, 0.1) is 0 Å².